The summed E-state index contributed by atoms with van der Waals surface area (Å²) in [6, 6.07) is 12.6. The number of benzene rings is 2. The average Bonchev–Trinajstić information content (AvgIpc) is 2.95. The number of anilines is 1. The van der Waals surface area contributed by atoms with Crippen molar-refractivity contribution in [3.05, 3.63) is 64.7 Å². The summed E-state index contributed by atoms with van der Waals surface area (Å²) < 4.78 is 5.29. The molecule has 0 aromatic heterocycles. The van der Waals surface area contributed by atoms with E-state index in [2.05, 4.69) is 0 Å². The summed E-state index contributed by atoms with van der Waals surface area (Å²) in [6.45, 7) is 0.894. The predicted molar refractivity (Wildman–Crippen MR) is 83.7 cm³/mol. The molecule has 6 heteroatoms. The summed E-state index contributed by atoms with van der Waals surface area (Å²) in [5.41, 5.74) is 8.55. The quantitative estimate of drug-likeness (QED) is 0.850. The van der Waals surface area contributed by atoms with E-state index >= 15 is 0 Å². The number of hydrogen-bond donors (Lipinski definition) is 2. The highest BCUT2D eigenvalue weighted by Gasteiger charge is 2.26. The number of rotatable bonds is 3. The lowest BCUT2D eigenvalue weighted by molar-refractivity contribution is 0.0698. The van der Waals surface area contributed by atoms with Gasteiger partial charge in [0.25, 0.3) is 0 Å². The van der Waals surface area contributed by atoms with E-state index in [1.807, 2.05) is 30.3 Å². The Kier molecular flexibility index (Phi) is 3.89. The van der Waals surface area contributed by atoms with Gasteiger partial charge in [0, 0.05) is 18.8 Å². The Morgan fingerprint density at radius 1 is 1.13 bits per heavy atom. The summed E-state index contributed by atoms with van der Waals surface area (Å²) >= 11 is 0. The Hall–Kier alpha value is -3.02. The molecule has 0 atom stereocenters. The molecule has 0 spiro atoms. The van der Waals surface area contributed by atoms with Crippen LogP contribution in [-0.4, -0.2) is 22.1 Å². The molecule has 1 amide bonds. The van der Waals surface area contributed by atoms with E-state index < -0.39 is 12.1 Å². The first-order valence-electron chi connectivity index (χ1n) is 7.15. The lowest BCUT2D eigenvalue weighted by Gasteiger charge is -2.15. The van der Waals surface area contributed by atoms with E-state index in [0.29, 0.717) is 13.1 Å². The first-order chi connectivity index (χ1) is 11.0. The molecule has 3 N–H and O–H groups in total. The second-order valence-electron chi connectivity index (χ2n) is 5.41. The maximum Gasteiger partial charge on any atom is 0.410 e. The second kappa shape index (κ2) is 6.00. The Morgan fingerprint density at radius 3 is 2.43 bits per heavy atom. The highest BCUT2D eigenvalue weighted by Crippen LogP contribution is 2.28. The number of ether oxygens (including phenoxy) is 1. The minimum absolute atomic E-state index is 0.0586. The Labute approximate surface area is 133 Å². The number of fused-ring (bicyclic) bond motifs is 1. The second-order valence-corrected chi connectivity index (χ2v) is 5.41. The van der Waals surface area contributed by atoms with Crippen molar-refractivity contribution in [2.24, 2.45) is 0 Å². The highest BCUT2D eigenvalue weighted by atomic mass is 16.6. The molecule has 0 bridgehead atoms. The first-order valence-corrected chi connectivity index (χ1v) is 7.15. The largest absolute Gasteiger partial charge is 0.478 e. The van der Waals surface area contributed by atoms with Crippen molar-refractivity contribution < 1.29 is 19.4 Å². The van der Waals surface area contributed by atoms with Gasteiger partial charge in [0.05, 0.1) is 5.56 Å². The molecule has 0 fully saturated rings. The Balaban J connectivity index is 1.67. The number of nitrogens with two attached hydrogens (primary N) is 1. The van der Waals surface area contributed by atoms with Gasteiger partial charge in [0.1, 0.15) is 6.61 Å². The molecule has 0 radical (unpaired) electrons. The average molecular weight is 312 g/mol. The van der Waals surface area contributed by atoms with E-state index in [1.165, 1.54) is 11.0 Å². The molecule has 0 saturated carbocycles. The maximum atomic E-state index is 12.1. The van der Waals surface area contributed by atoms with Crippen molar-refractivity contribution >= 4 is 17.7 Å². The molecule has 1 aliphatic rings. The zero-order valence-corrected chi connectivity index (χ0v) is 12.4. The van der Waals surface area contributed by atoms with Crippen LogP contribution in [0, 0.1) is 0 Å². The van der Waals surface area contributed by atoms with Gasteiger partial charge in [-0.25, -0.2) is 9.59 Å². The Bertz CT molecular complexity index is 759. The van der Waals surface area contributed by atoms with Gasteiger partial charge < -0.3 is 15.6 Å². The molecule has 1 aliphatic heterocycles. The van der Waals surface area contributed by atoms with Crippen molar-refractivity contribution in [1.82, 2.24) is 4.90 Å². The standard InChI is InChI=1S/C17H16N2O4/c18-15-7-13-9-19(8-12(13)6-14(15)16(20)21)17(22)23-10-11-4-2-1-3-5-11/h1-7H,8-10,18H2,(H,20,21). The maximum absolute atomic E-state index is 12.1. The Morgan fingerprint density at radius 2 is 1.78 bits per heavy atom. The summed E-state index contributed by atoms with van der Waals surface area (Å²) in [4.78, 5) is 24.8. The van der Waals surface area contributed by atoms with Gasteiger partial charge in [-0.15, -0.1) is 0 Å². The minimum atomic E-state index is -1.07. The number of aromatic carboxylic acids is 1. The number of amides is 1. The number of nitrogens with zero attached hydrogens (tertiary/aromatic N) is 1. The molecule has 1 heterocycles. The third-order valence-electron chi connectivity index (χ3n) is 3.79. The molecule has 0 unspecified atom stereocenters. The van der Waals surface area contributed by atoms with Crippen molar-refractivity contribution in [2.45, 2.75) is 19.7 Å². The van der Waals surface area contributed by atoms with Crippen molar-refractivity contribution in [2.75, 3.05) is 5.73 Å². The summed E-state index contributed by atoms with van der Waals surface area (Å²) in [5, 5.41) is 9.10. The third kappa shape index (κ3) is 3.11. The van der Waals surface area contributed by atoms with Gasteiger partial charge in [-0.2, -0.15) is 0 Å². The van der Waals surface area contributed by atoms with Gasteiger partial charge in [-0.1, -0.05) is 30.3 Å². The molecule has 2 aromatic rings. The summed E-state index contributed by atoms with van der Waals surface area (Å²) in [5.74, 6) is -1.07. The molecule has 6 nitrogen and oxygen atoms in total. The number of hydrogen-bond acceptors (Lipinski definition) is 4. The number of carboxylic acid groups (broad SMARTS) is 1. The van der Waals surface area contributed by atoms with Gasteiger partial charge in [-0.3, -0.25) is 4.90 Å². The van der Waals surface area contributed by atoms with E-state index in [1.54, 1.807) is 6.07 Å². The van der Waals surface area contributed by atoms with Crippen LogP contribution in [0.1, 0.15) is 27.0 Å². The zero-order chi connectivity index (χ0) is 16.4. The SMILES string of the molecule is Nc1cc2c(cc1C(=O)O)CN(C(=O)OCc1ccccc1)C2. The smallest absolute Gasteiger partial charge is 0.410 e. The molecule has 0 aliphatic carbocycles. The lowest BCUT2D eigenvalue weighted by Crippen LogP contribution is -2.26. The zero-order valence-electron chi connectivity index (χ0n) is 12.4. The highest BCUT2D eigenvalue weighted by molar-refractivity contribution is 5.94. The van der Waals surface area contributed by atoms with Crippen LogP contribution in [0.4, 0.5) is 10.5 Å². The molecule has 23 heavy (non-hydrogen) atoms. The van der Waals surface area contributed by atoms with Crippen molar-refractivity contribution in [1.29, 1.82) is 0 Å². The fourth-order valence-corrected chi connectivity index (χ4v) is 2.59. The fourth-order valence-electron chi connectivity index (χ4n) is 2.59. The van der Waals surface area contributed by atoms with Crippen LogP contribution in [-0.2, 0) is 24.4 Å². The van der Waals surface area contributed by atoms with Gasteiger partial charge in [-0.05, 0) is 28.8 Å². The number of carbonyl (C=O) groups is 2. The summed E-state index contributed by atoms with van der Waals surface area (Å²) in [6.07, 6.45) is -0.430. The molecule has 0 saturated heterocycles. The van der Waals surface area contributed by atoms with Crippen LogP contribution >= 0.6 is 0 Å². The molecule has 2 aromatic carbocycles. The minimum Gasteiger partial charge on any atom is -0.478 e. The topological polar surface area (TPSA) is 92.9 Å². The van der Waals surface area contributed by atoms with Crippen LogP contribution in [0.3, 0.4) is 0 Å². The normalized spacial score (nSPS) is 12.8. The van der Waals surface area contributed by atoms with E-state index in [0.717, 1.165) is 16.7 Å². The molecular weight excluding hydrogens is 296 g/mol. The van der Waals surface area contributed by atoms with Crippen LogP contribution < -0.4 is 5.73 Å². The first kappa shape index (κ1) is 14.9. The van der Waals surface area contributed by atoms with Gasteiger partial charge in [0.2, 0.25) is 0 Å². The van der Waals surface area contributed by atoms with Crippen molar-refractivity contribution in [3.8, 4) is 0 Å². The summed E-state index contributed by atoms with van der Waals surface area (Å²) in [7, 11) is 0. The van der Waals surface area contributed by atoms with Gasteiger partial charge >= 0.3 is 12.1 Å². The van der Waals surface area contributed by atoms with E-state index in [4.69, 9.17) is 15.6 Å². The van der Waals surface area contributed by atoms with E-state index in [-0.39, 0.29) is 17.9 Å². The number of nitrogen functional groups attached to an aromatic ring is 1. The van der Waals surface area contributed by atoms with Crippen LogP contribution in [0.2, 0.25) is 0 Å². The van der Waals surface area contributed by atoms with Crippen LogP contribution in [0.5, 0.6) is 0 Å². The van der Waals surface area contributed by atoms with Gasteiger partial charge in [0.15, 0.2) is 0 Å². The molecule has 118 valence electrons. The van der Waals surface area contributed by atoms with Crippen molar-refractivity contribution in [3.63, 3.8) is 0 Å². The third-order valence-corrected chi connectivity index (χ3v) is 3.79. The predicted octanol–water partition coefficient (Wildman–Crippen LogP) is 2.62. The molecular formula is C17H16N2O4. The van der Waals surface area contributed by atoms with Crippen LogP contribution in [0.15, 0.2) is 42.5 Å². The number of carbonyl (C=O) groups excluding carboxylic acids is 1. The monoisotopic (exact) mass is 312 g/mol. The van der Waals surface area contributed by atoms with Crippen LogP contribution in [0.25, 0.3) is 0 Å². The molecule has 3 rings (SSSR count). The fraction of sp³-hybridized carbons (Fsp3) is 0.176. The van der Waals surface area contributed by atoms with E-state index in [9.17, 15) is 9.59 Å². The lowest BCUT2D eigenvalue weighted by atomic mass is 10.0. The number of carboxylic acids is 1.